The Bertz CT molecular complexity index is 2000. The maximum atomic E-state index is 15.2. The van der Waals surface area contributed by atoms with Crippen LogP contribution in [0.15, 0.2) is 0 Å². The first kappa shape index (κ1) is 48.8. The summed E-state index contributed by atoms with van der Waals surface area (Å²) in [5, 5.41) is 0.624. The van der Waals surface area contributed by atoms with Crippen molar-refractivity contribution in [1.29, 1.82) is 0 Å². The third kappa shape index (κ3) is 12.1. The lowest BCUT2D eigenvalue weighted by Gasteiger charge is -2.35. The normalized spacial score (nSPS) is 14.0. The van der Waals surface area contributed by atoms with Crippen molar-refractivity contribution in [3.8, 4) is 45.9 Å². The van der Waals surface area contributed by atoms with Crippen molar-refractivity contribution in [3.63, 3.8) is 0 Å². The van der Waals surface area contributed by atoms with Gasteiger partial charge in [0.1, 0.15) is 32.3 Å². The molecule has 0 fully saturated rings. The first-order chi connectivity index (χ1) is 27.9. The number of amides is 4. The smallest absolute Gasteiger partial charge is 0.262 e. The van der Waals surface area contributed by atoms with Crippen molar-refractivity contribution in [2.45, 2.75) is 169 Å². The summed E-state index contributed by atoms with van der Waals surface area (Å²) in [4.78, 5) is 63.7. The van der Waals surface area contributed by atoms with E-state index in [0.29, 0.717) is 45.9 Å². The Morgan fingerprint density at radius 3 is 0.783 bits per heavy atom. The summed E-state index contributed by atoms with van der Waals surface area (Å²) in [7, 11) is -8.26. The molecule has 0 bridgehead atoms. The highest BCUT2D eigenvalue weighted by Gasteiger charge is 2.46. The Labute approximate surface area is 366 Å². The standard InChI is InChI=1S/C50H70N2O4Si4/c1-15-17-19-21-23-25-31-51-47(53)41-37(27-33-57(3,4)5)39(29-35-59(9,10)11)43-46-44(50(56)52(49(43)55)32-26-24-22-20-18-16-2)40(30-36-60(12,13)14)38(28-34-58(6,7)8)42(45(41)46)48(51)54/h15-26,31-32H2,1-14H3. The molecule has 2 aliphatic rings. The van der Waals surface area contributed by atoms with Gasteiger partial charge in [-0.25, -0.2) is 0 Å². The van der Waals surface area contributed by atoms with E-state index in [-0.39, 0.29) is 35.3 Å². The predicted molar refractivity (Wildman–Crippen MR) is 262 cm³/mol. The van der Waals surface area contributed by atoms with Gasteiger partial charge in [0.2, 0.25) is 0 Å². The Morgan fingerprint density at radius 2 is 0.567 bits per heavy atom. The summed E-state index contributed by atoms with van der Waals surface area (Å²) >= 11 is 0. The average Bonchev–Trinajstić information content (AvgIpc) is 3.13. The van der Waals surface area contributed by atoms with Crippen LogP contribution in [-0.2, 0) is 0 Å². The number of rotatable bonds is 14. The molecular formula is C50H70N2O4Si4. The molecular weight excluding hydrogens is 805 g/mol. The van der Waals surface area contributed by atoms with Gasteiger partial charge < -0.3 is 0 Å². The molecule has 2 aromatic rings. The molecule has 0 radical (unpaired) electrons. The number of nitrogens with zero attached hydrogens (tertiary/aromatic N) is 2. The molecule has 60 heavy (non-hydrogen) atoms. The third-order valence-corrected chi connectivity index (χ3v) is 13.8. The number of benzene rings is 2. The van der Waals surface area contributed by atoms with E-state index in [1.807, 2.05) is 0 Å². The van der Waals surface area contributed by atoms with Gasteiger partial charge in [0.05, 0.1) is 44.5 Å². The molecule has 0 saturated carbocycles. The molecule has 0 atom stereocenters. The van der Waals surface area contributed by atoms with Crippen LogP contribution in [0, 0.1) is 45.9 Å². The largest absolute Gasteiger partial charge is 0.274 e. The molecule has 10 heteroatoms. The molecule has 4 amide bonds. The molecule has 2 heterocycles. The minimum Gasteiger partial charge on any atom is -0.274 e. The maximum Gasteiger partial charge on any atom is 0.262 e. The van der Waals surface area contributed by atoms with Crippen LogP contribution < -0.4 is 0 Å². The maximum absolute atomic E-state index is 15.2. The molecule has 2 aliphatic heterocycles. The fourth-order valence-electron chi connectivity index (χ4n) is 7.34. The van der Waals surface area contributed by atoms with Gasteiger partial charge in [0.25, 0.3) is 23.6 Å². The number of unbranched alkanes of at least 4 members (excludes halogenated alkanes) is 10. The zero-order chi connectivity index (χ0) is 44.8. The summed E-state index contributed by atoms with van der Waals surface area (Å²) < 4.78 is 0. The number of carbonyl (C=O) groups is 4. The second-order valence-corrected chi connectivity index (χ2v) is 39.8. The summed E-state index contributed by atoms with van der Waals surface area (Å²) in [6, 6.07) is 0. The molecule has 2 aromatic carbocycles. The lowest BCUT2D eigenvalue weighted by atomic mass is 9.76. The number of hydrogen-bond acceptors (Lipinski definition) is 4. The molecule has 0 saturated heterocycles. The van der Waals surface area contributed by atoms with Crippen LogP contribution in [-0.4, -0.2) is 78.8 Å². The van der Waals surface area contributed by atoms with E-state index in [0.717, 1.165) is 64.2 Å². The molecule has 0 spiro atoms. The topological polar surface area (TPSA) is 74.8 Å². The Balaban J connectivity index is 2.31. The first-order valence-corrected chi connectivity index (χ1v) is 36.5. The molecule has 0 unspecified atom stereocenters. The monoisotopic (exact) mass is 874 g/mol. The van der Waals surface area contributed by atoms with Gasteiger partial charge in [-0.2, -0.15) is 0 Å². The quantitative estimate of drug-likeness (QED) is 0.0820. The van der Waals surface area contributed by atoms with Crippen molar-refractivity contribution in [2.75, 3.05) is 13.1 Å². The van der Waals surface area contributed by atoms with Crippen molar-refractivity contribution in [2.24, 2.45) is 0 Å². The molecule has 4 rings (SSSR count). The van der Waals surface area contributed by atoms with Gasteiger partial charge in [0.15, 0.2) is 0 Å². The molecule has 0 N–H and O–H groups in total. The van der Waals surface area contributed by atoms with Gasteiger partial charge in [-0.05, 0) is 12.8 Å². The SMILES string of the molecule is CCCCCCCCN1C(=O)c2c(C#C[Si](C)(C)C)c(C#C[Si](C)(C)C)c3c4c(c(C#C[Si](C)(C)C)c(C#C[Si](C)(C)C)c(c24)C1=O)C(=O)N(CCCCCCCC)C3=O. The van der Waals surface area contributed by atoms with Crippen LogP contribution in [0.4, 0.5) is 0 Å². The second-order valence-electron chi connectivity index (χ2n) is 20.8. The molecule has 0 aromatic heterocycles. The van der Waals surface area contributed by atoms with E-state index in [1.165, 1.54) is 9.80 Å². The minimum atomic E-state index is -2.06. The van der Waals surface area contributed by atoms with Gasteiger partial charge in [-0.1, -0.05) is 180 Å². The van der Waals surface area contributed by atoms with Crippen molar-refractivity contribution >= 4 is 66.7 Å². The summed E-state index contributed by atoms with van der Waals surface area (Å²) in [6.07, 6.45) is 11.9. The molecule has 6 nitrogen and oxygen atoms in total. The lowest BCUT2D eigenvalue weighted by Crippen LogP contribution is -2.45. The van der Waals surface area contributed by atoms with Gasteiger partial charge in [0, 0.05) is 23.9 Å². The number of imide groups is 2. The van der Waals surface area contributed by atoms with Crippen molar-refractivity contribution < 1.29 is 19.2 Å². The minimum absolute atomic E-state index is 0.242. The third-order valence-electron chi connectivity index (χ3n) is 10.3. The Hall–Kier alpha value is -3.91. The van der Waals surface area contributed by atoms with Gasteiger partial charge in [-0.15, -0.1) is 22.2 Å². The van der Waals surface area contributed by atoms with Crippen LogP contribution >= 0.6 is 0 Å². The van der Waals surface area contributed by atoms with E-state index in [2.05, 4.69) is 138 Å². The average molecular weight is 875 g/mol. The predicted octanol–water partition coefficient (Wildman–Crippen LogP) is 11.7. The van der Waals surface area contributed by atoms with Crippen LogP contribution in [0.3, 0.4) is 0 Å². The number of hydrogen-bond donors (Lipinski definition) is 0. The second kappa shape index (κ2) is 19.9. The Morgan fingerprint density at radius 1 is 0.350 bits per heavy atom. The first-order valence-electron chi connectivity index (χ1n) is 22.5. The zero-order valence-corrected chi connectivity index (χ0v) is 43.4. The van der Waals surface area contributed by atoms with Crippen LogP contribution in [0.5, 0.6) is 0 Å². The zero-order valence-electron chi connectivity index (χ0n) is 39.4. The van der Waals surface area contributed by atoms with E-state index >= 15 is 19.2 Å². The van der Waals surface area contributed by atoms with Crippen LogP contribution in [0.25, 0.3) is 10.8 Å². The van der Waals surface area contributed by atoms with Crippen LogP contribution in [0.1, 0.15) is 155 Å². The highest BCUT2D eigenvalue weighted by molar-refractivity contribution is 6.85. The fraction of sp³-hybridized carbons (Fsp3) is 0.560. The van der Waals surface area contributed by atoms with E-state index < -0.39 is 55.9 Å². The van der Waals surface area contributed by atoms with Gasteiger partial charge >= 0.3 is 0 Å². The van der Waals surface area contributed by atoms with E-state index in [9.17, 15) is 0 Å². The highest BCUT2D eigenvalue weighted by atomic mass is 28.3. The fourth-order valence-corrected chi connectivity index (χ4v) is 9.34. The summed E-state index contributed by atoms with van der Waals surface area (Å²) in [5.41, 5.74) is 16.6. The Kier molecular flexibility index (Phi) is 16.1. The van der Waals surface area contributed by atoms with Crippen molar-refractivity contribution in [1.82, 2.24) is 9.80 Å². The van der Waals surface area contributed by atoms with E-state index in [1.54, 1.807) is 0 Å². The summed E-state index contributed by atoms with van der Waals surface area (Å²) in [5.74, 6) is 12.0. The summed E-state index contributed by atoms with van der Waals surface area (Å²) in [6.45, 7) is 30.6. The van der Waals surface area contributed by atoms with Gasteiger partial charge in [-0.3, -0.25) is 29.0 Å². The lowest BCUT2D eigenvalue weighted by molar-refractivity contribution is 0.0585. The van der Waals surface area contributed by atoms with E-state index in [4.69, 9.17) is 0 Å². The number of carbonyl (C=O) groups excluding carboxylic acids is 4. The highest BCUT2D eigenvalue weighted by Crippen LogP contribution is 2.45. The molecule has 320 valence electrons. The van der Waals surface area contributed by atoms with Crippen molar-refractivity contribution in [3.05, 3.63) is 44.5 Å². The van der Waals surface area contributed by atoms with Crippen LogP contribution in [0.2, 0.25) is 78.6 Å². The molecule has 0 aliphatic carbocycles.